The summed E-state index contributed by atoms with van der Waals surface area (Å²) in [5, 5.41) is 7.93. The molecule has 2 aromatic rings. The zero-order chi connectivity index (χ0) is 19.3. The highest BCUT2D eigenvalue weighted by molar-refractivity contribution is 9.10. The van der Waals surface area contributed by atoms with Gasteiger partial charge in [-0.15, -0.1) is 0 Å². The predicted octanol–water partition coefficient (Wildman–Crippen LogP) is 3.70. The van der Waals surface area contributed by atoms with Gasteiger partial charge in [-0.2, -0.15) is 5.10 Å². The Bertz CT molecular complexity index is 769. The van der Waals surface area contributed by atoms with Gasteiger partial charge in [0.25, 0.3) is 0 Å². The molecule has 0 aliphatic heterocycles. The van der Waals surface area contributed by atoms with E-state index in [-0.39, 0.29) is 5.82 Å². The zero-order valence-corrected chi connectivity index (χ0v) is 17.6. The summed E-state index contributed by atoms with van der Waals surface area (Å²) in [4.78, 5) is 6.45. The van der Waals surface area contributed by atoms with Crippen LogP contribution >= 0.6 is 15.9 Å². The van der Waals surface area contributed by atoms with Crippen LogP contribution in [0.1, 0.15) is 36.6 Å². The van der Waals surface area contributed by atoms with Gasteiger partial charge in [0.15, 0.2) is 5.96 Å². The lowest BCUT2D eigenvalue weighted by molar-refractivity contribution is 0.474. The molecule has 0 saturated heterocycles. The van der Waals surface area contributed by atoms with E-state index >= 15 is 0 Å². The number of hydrogen-bond donors (Lipinski definition) is 1. The van der Waals surface area contributed by atoms with Gasteiger partial charge >= 0.3 is 0 Å². The summed E-state index contributed by atoms with van der Waals surface area (Å²) in [5.41, 5.74) is 3.39. The Hall–Kier alpha value is -1.89. The van der Waals surface area contributed by atoms with Gasteiger partial charge < -0.3 is 10.2 Å². The molecule has 2 rings (SSSR count). The van der Waals surface area contributed by atoms with Crippen molar-refractivity contribution in [3.8, 4) is 0 Å². The number of halogens is 2. The fourth-order valence-corrected chi connectivity index (χ4v) is 3.32. The van der Waals surface area contributed by atoms with E-state index in [1.807, 2.05) is 24.8 Å². The number of aryl methyl sites for hydroxylation is 1. The number of hydrogen-bond acceptors (Lipinski definition) is 2. The monoisotopic (exact) mass is 423 g/mol. The van der Waals surface area contributed by atoms with E-state index < -0.39 is 0 Å². The second-order valence-corrected chi connectivity index (χ2v) is 7.55. The van der Waals surface area contributed by atoms with Crippen LogP contribution < -0.4 is 5.32 Å². The molecule has 0 aliphatic carbocycles. The van der Waals surface area contributed by atoms with Gasteiger partial charge in [0.05, 0.1) is 10.2 Å². The van der Waals surface area contributed by atoms with Crippen molar-refractivity contribution in [3.63, 3.8) is 0 Å². The quantitative estimate of drug-likeness (QED) is 0.568. The minimum Gasteiger partial charge on any atom is -0.356 e. The van der Waals surface area contributed by atoms with Crippen LogP contribution in [0.4, 0.5) is 4.39 Å². The highest BCUT2D eigenvalue weighted by atomic mass is 79.9. The first kappa shape index (κ1) is 20.4. The first-order valence-electron chi connectivity index (χ1n) is 8.70. The first-order valence-corrected chi connectivity index (χ1v) is 9.49. The van der Waals surface area contributed by atoms with Crippen molar-refractivity contribution in [2.24, 2.45) is 12.0 Å². The fraction of sp³-hybridized carbons (Fsp3) is 0.474. The molecule has 0 fully saturated rings. The number of aromatic nitrogens is 2. The summed E-state index contributed by atoms with van der Waals surface area (Å²) >= 11 is 3.23. The third-order valence-corrected chi connectivity index (χ3v) is 4.75. The van der Waals surface area contributed by atoms with Crippen molar-refractivity contribution >= 4 is 21.9 Å². The molecule has 7 heteroatoms. The maximum atomic E-state index is 13.3. The molecular formula is C19H27BrFN5. The normalized spacial score (nSPS) is 11.9. The van der Waals surface area contributed by atoms with E-state index in [2.05, 4.69) is 56.3 Å². The van der Waals surface area contributed by atoms with Crippen molar-refractivity contribution in [2.45, 2.75) is 32.7 Å². The van der Waals surface area contributed by atoms with Gasteiger partial charge in [0, 0.05) is 46.0 Å². The number of guanidine groups is 1. The SMILES string of the molecule is CN=C(NCCc1ccc(F)c(Br)c1)N(C)Cc1cn(C)nc1C(C)C. The molecule has 0 spiro atoms. The van der Waals surface area contributed by atoms with E-state index in [0.29, 0.717) is 10.4 Å². The molecule has 0 aliphatic rings. The van der Waals surface area contributed by atoms with Crippen molar-refractivity contribution in [3.05, 3.63) is 51.5 Å². The number of benzene rings is 1. The Kier molecular flexibility index (Phi) is 7.20. The first-order chi connectivity index (χ1) is 12.3. The van der Waals surface area contributed by atoms with Crippen LogP contribution in [-0.4, -0.2) is 41.3 Å². The van der Waals surface area contributed by atoms with E-state index in [0.717, 1.165) is 36.7 Å². The smallest absolute Gasteiger partial charge is 0.193 e. The Morgan fingerprint density at radius 2 is 2.15 bits per heavy atom. The van der Waals surface area contributed by atoms with Crippen LogP contribution in [0, 0.1) is 5.82 Å². The van der Waals surface area contributed by atoms with Crippen molar-refractivity contribution < 1.29 is 4.39 Å². The van der Waals surface area contributed by atoms with Gasteiger partial charge in [-0.25, -0.2) is 4.39 Å². The van der Waals surface area contributed by atoms with Gasteiger partial charge in [-0.05, 0) is 46.0 Å². The number of nitrogens with zero attached hydrogens (tertiary/aromatic N) is 4. The van der Waals surface area contributed by atoms with Crippen LogP contribution in [0.25, 0.3) is 0 Å². The second-order valence-electron chi connectivity index (χ2n) is 6.70. The number of nitrogens with one attached hydrogen (secondary N) is 1. The molecule has 0 atom stereocenters. The molecule has 0 amide bonds. The number of rotatable bonds is 6. The van der Waals surface area contributed by atoms with E-state index in [1.165, 1.54) is 11.6 Å². The summed E-state index contributed by atoms with van der Waals surface area (Å²) in [6.07, 6.45) is 2.85. The lowest BCUT2D eigenvalue weighted by Crippen LogP contribution is -2.39. The summed E-state index contributed by atoms with van der Waals surface area (Å²) in [7, 11) is 5.74. The maximum absolute atomic E-state index is 13.3. The van der Waals surface area contributed by atoms with Crippen LogP contribution in [0.15, 0.2) is 33.9 Å². The largest absolute Gasteiger partial charge is 0.356 e. The minimum absolute atomic E-state index is 0.241. The Morgan fingerprint density at radius 3 is 2.77 bits per heavy atom. The minimum atomic E-state index is -0.241. The molecule has 0 radical (unpaired) electrons. The van der Waals surface area contributed by atoms with E-state index in [4.69, 9.17) is 0 Å². The van der Waals surface area contributed by atoms with Crippen LogP contribution in [-0.2, 0) is 20.0 Å². The predicted molar refractivity (Wildman–Crippen MR) is 108 cm³/mol. The Balaban J connectivity index is 1.94. The average molecular weight is 424 g/mol. The van der Waals surface area contributed by atoms with Crippen molar-refractivity contribution in [1.29, 1.82) is 0 Å². The van der Waals surface area contributed by atoms with Crippen LogP contribution in [0.5, 0.6) is 0 Å². The third-order valence-electron chi connectivity index (χ3n) is 4.15. The molecule has 1 aromatic carbocycles. The van der Waals surface area contributed by atoms with Crippen LogP contribution in [0.3, 0.4) is 0 Å². The third kappa shape index (κ3) is 5.30. The van der Waals surface area contributed by atoms with Crippen LogP contribution in [0.2, 0.25) is 0 Å². The van der Waals surface area contributed by atoms with Gasteiger partial charge in [0.2, 0.25) is 0 Å². The fourth-order valence-electron chi connectivity index (χ4n) is 2.89. The Labute approximate surface area is 163 Å². The summed E-state index contributed by atoms with van der Waals surface area (Å²) < 4.78 is 15.7. The lowest BCUT2D eigenvalue weighted by atomic mass is 10.1. The summed E-state index contributed by atoms with van der Waals surface area (Å²) in [6, 6.07) is 5.10. The molecule has 26 heavy (non-hydrogen) atoms. The maximum Gasteiger partial charge on any atom is 0.193 e. The molecule has 0 bridgehead atoms. The second kappa shape index (κ2) is 9.16. The van der Waals surface area contributed by atoms with Gasteiger partial charge in [-0.3, -0.25) is 9.67 Å². The summed E-state index contributed by atoms with van der Waals surface area (Å²) in [6.45, 7) is 5.77. The molecule has 0 unspecified atom stereocenters. The topological polar surface area (TPSA) is 45.5 Å². The molecule has 1 N–H and O–H groups in total. The number of aliphatic imine (C=N–C) groups is 1. The molecule has 5 nitrogen and oxygen atoms in total. The molecule has 0 saturated carbocycles. The molecule has 1 heterocycles. The Morgan fingerprint density at radius 1 is 1.42 bits per heavy atom. The highest BCUT2D eigenvalue weighted by Gasteiger charge is 2.15. The standard InChI is InChI=1S/C19H27BrFN5/c1-13(2)18-15(12-26(5)24-18)11-25(4)19(22-3)23-9-8-14-6-7-17(21)16(20)10-14/h6-7,10,12-13H,8-9,11H2,1-5H3,(H,22,23). The highest BCUT2D eigenvalue weighted by Crippen LogP contribution is 2.19. The van der Waals surface area contributed by atoms with Gasteiger partial charge in [-0.1, -0.05) is 19.9 Å². The summed E-state index contributed by atoms with van der Waals surface area (Å²) in [5.74, 6) is 0.964. The van der Waals surface area contributed by atoms with Crippen molar-refractivity contribution in [1.82, 2.24) is 20.0 Å². The molecule has 142 valence electrons. The van der Waals surface area contributed by atoms with E-state index in [1.54, 1.807) is 13.1 Å². The van der Waals surface area contributed by atoms with Crippen molar-refractivity contribution in [2.75, 3.05) is 20.6 Å². The van der Waals surface area contributed by atoms with E-state index in [9.17, 15) is 4.39 Å². The molecular weight excluding hydrogens is 397 g/mol. The lowest BCUT2D eigenvalue weighted by Gasteiger charge is -2.22. The van der Waals surface area contributed by atoms with Gasteiger partial charge in [0.1, 0.15) is 5.82 Å². The molecule has 1 aromatic heterocycles. The zero-order valence-electron chi connectivity index (χ0n) is 16.1. The average Bonchev–Trinajstić information content (AvgIpc) is 2.95.